The average Bonchev–Trinajstić information content (AvgIpc) is 2.38. The zero-order valence-electron chi connectivity index (χ0n) is 9.39. The zero-order valence-corrected chi connectivity index (χ0v) is 10.2. The molecule has 3 rings (SSSR count). The minimum atomic E-state index is -3.90. The summed E-state index contributed by atoms with van der Waals surface area (Å²) >= 11 is 0. The summed E-state index contributed by atoms with van der Waals surface area (Å²) in [6, 6.07) is 9.42. The van der Waals surface area contributed by atoms with Crippen LogP contribution in [0, 0.1) is 0 Å². The molecular formula is C11H12O6S. The van der Waals surface area contributed by atoms with Gasteiger partial charge in [0.15, 0.2) is 6.29 Å². The normalized spacial score (nSPS) is 34.8. The van der Waals surface area contributed by atoms with Crippen molar-refractivity contribution in [1.29, 1.82) is 0 Å². The van der Waals surface area contributed by atoms with Crippen LogP contribution in [0.25, 0.3) is 0 Å². The molecule has 2 aliphatic rings. The molecule has 1 aromatic rings. The number of hydrogen-bond donors (Lipinski definition) is 0. The number of rotatable bonds is 1. The van der Waals surface area contributed by atoms with Crippen LogP contribution in [0.1, 0.15) is 11.9 Å². The Hall–Kier alpha value is -0.990. The Labute approximate surface area is 105 Å². The molecule has 0 saturated carbocycles. The molecule has 6 nitrogen and oxygen atoms in total. The van der Waals surface area contributed by atoms with Gasteiger partial charge in [-0.15, -0.1) is 0 Å². The van der Waals surface area contributed by atoms with Gasteiger partial charge in [-0.3, -0.25) is 0 Å². The number of ether oxygens (including phenoxy) is 2. The molecule has 18 heavy (non-hydrogen) atoms. The Morgan fingerprint density at radius 3 is 2.61 bits per heavy atom. The van der Waals surface area contributed by atoms with E-state index >= 15 is 0 Å². The largest absolute Gasteiger partial charge is 0.400 e. The van der Waals surface area contributed by atoms with E-state index in [4.69, 9.17) is 13.7 Å². The van der Waals surface area contributed by atoms with E-state index in [1.54, 1.807) is 0 Å². The third kappa shape index (κ3) is 2.40. The molecule has 7 heteroatoms. The maximum Gasteiger partial charge on any atom is 0.400 e. The Balaban J connectivity index is 1.72. The first-order valence-corrected chi connectivity index (χ1v) is 6.87. The van der Waals surface area contributed by atoms with Crippen LogP contribution in [-0.4, -0.2) is 33.8 Å². The van der Waals surface area contributed by atoms with Crippen LogP contribution in [0.15, 0.2) is 30.3 Å². The second-order valence-electron chi connectivity index (χ2n) is 4.08. The monoisotopic (exact) mass is 272 g/mol. The van der Waals surface area contributed by atoms with Crippen LogP contribution < -0.4 is 0 Å². The second-order valence-corrected chi connectivity index (χ2v) is 5.32. The first-order valence-electron chi connectivity index (χ1n) is 5.54. The lowest BCUT2D eigenvalue weighted by Crippen LogP contribution is -2.49. The highest BCUT2D eigenvalue weighted by atomic mass is 32.3. The topological polar surface area (TPSA) is 71.1 Å². The van der Waals surface area contributed by atoms with Crippen molar-refractivity contribution < 1.29 is 26.3 Å². The summed E-state index contributed by atoms with van der Waals surface area (Å²) in [5.41, 5.74) is 0.879. The molecule has 1 unspecified atom stereocenters. The average molecular weight is 272 g/mol. The SMILES string of the molecule is O=S1(=O)OC[C@H]2OC(c3ccccc3)OC[C@@H]2O1. The number of hydrogen-bond acceptors (Lipinski definition) is 6. The van der Waals surface area contributed by atoms with E-state index in [9.17, 15) is 8.42 Å². The predicted molar refractivity (Wildman–Crippen MR) is 59.8 cm³/mol. The van der Waals surface area contributed by atoms with Crippen molar-refractivity contribution in [2.45, 2.75) is 18.5 Å². The molecule has 2 saturated heterocycles. The van der Waals surface area contributed by atoms with Gasteiger partial charge in [0, 0.05) is 5.56 Å². The lowest BCUT2D eigenvalue weighted by atomic mass is 10.1. The maximum atomic E-state index is 11.1. The highest BCUT2D eigenvalue weighted by Crippen LogP contribution is 2.30. The zero-order chi connectivity index (χ0) is 12.6. The van der Waals surface area contributed by atoms with Gasteiger partial charge in [-0.25, -0.2) is 8.37 Å². The van der Waals surface area contributed by atoms with Crippen LogP contribution in [0.3, 0.4) is 0 Å². The van der Waals surface area contributed by atoms with Gasteiger partial charge < -0.3 is 9.47 Å². The standard InChI is InChI=1S/C11H12O6S/c12-18(13)15-7-9-10(17-18)6-14-11(16-9)8-4-2-1-3-5-8/h1-5,9-11H,6-7H2/t9-,10+,11?/m1/s1. The third-order valence-electron chi connectivity index (χ3n) is 2.81. The quantitative estimate of drug-likeness (QED) is 0.751. The van der Waals surface area contributed by atoms with E-state index in [0.717, 1.165) is 5.56 Å². The van der Waals surface area contributed by atoms with E-state index in [1.807, 2.05) is 30.3 Å². The van der Waals surface area contributed by atoms with Crippen molar-refractivity contribution in [2.24, 2.45) is 0 Å². The predicted octanol–water partition coefficient (Wildman–Crippen LogP) is 0.761. The van der Waals surface area contributed by atoms with Gasteiger partial charge in [-0.1, -0.05) is 30.3 Å². The van der Waals surface area contributed by atoms with Gasteiger partial charge in [-0.2, -0.15) is 8.42 Å². The van der Waals surface area contributed by atoms with E-state index in [2.05, 4.69) is 4.18 Å². The fraction of sp³-hybridized carbons (Fsp3) is 0.455. The molecular weight excluding hydrogens is 260 g/mol. The van der Waals surface area contributed by atoms with Crippen LogP contribution in [0.2, 0.25) is 0 Å². The minimum Gasteiger partial charge on any atom is -0.346 e. The summed E-state index contributed by atoms with van der Waals surface area (Å²) in [4.78, 5) is 0. The van der Waals surface area contributed by atoms with Crippen molar-refractivity contribution in [3.63, 3.8) is 0 Å². The van der Waals surface area contributed by atoms with Crippen molar-refractivity contribution in [1.82, 2.24) is 0 Å². The summed E-state index contributed by atoms with van der Waals surface area (Å²) in [5, 5.41) is 0. The first kappa shape index (κ1) is 12.1. The molecule has 0 radical (unpaired) electrons. The molecule has 2 aliphatic heterocycles. The fourth-order valence-electron chi connectivity index (χ4n) is 1.93. The summed E-state index contributed by atoms with van der Waals surface area (Å²) in [6.45, 7) is 0.118. The number of benzene rings is 1. The second kappa shape index (κ2) is 4.60. The van der Waals surface area contributed by atoms with Crippen molar-refractivity contribution in [3.8, 4) is 0 Å². The lowest BCUT2D eigenvalue weighted by molar-refractivity contribution is -0.264. The van der Waals surface area contributed by atoms with Crippen LogP contribution >= 0.6 is 0 Å². The van der Waals surface area contributed by atoms with Gasteiger partial charge in [0.2, 0.25) is 0 Å². The van der Waals surface area contributed by atoms with Gasteiger partial charge in [0.1, 0.15) is 12.2 Å². The molecule has 0 aromatic heterocycles. The molecule has 0 N–H and O–H groups in total. The minimum absolute atomic E-state index is 0.0420. The van der Waals surface area contributed by atoms with E-state index in [-0.39, 0.29) is 13.2 Å². The van der Waals surface area contributed by atoms with E-state index in [0.29, 0.717) is 0 Å². The molecule has 2 heterocycles. The molecule has 0 amide bonds. The molecule has 0 aliphatic carbocycles. The Morgan fingerprint density at radius 1 is 1.06 bits per heavy atom. The molecule has 0 bridgehead atoms. The molecule has 0 spiro atoms. The van der Waals surface area contributed by atoms with Gasteiger partial charge in [-0.05, 0) is 0 Å². The van der Waals surface area contributed by atoms with E-state index < -0.39 is 28.9 Å². The van der Waals surface area contributed by atoms with Gasteiger partial charge in [0.05, 0.1) is 13.2 Å². The Morgan fingerprint density at radius 2 is 1.83 bits per heavy atom. The summed E-state index contributed by atoms with van der Waals surface area (Å²) in [6.07, 6.45) is -1.59. The number of fused-ring (bicyclic) bond motifs is 1. The molecule has 98 valence electrons. The summed E-state index contributed by atoms with van der Waals surface area (Å²) in [5.74, 6) is 0. The molecule has 1 aromatic carbocycles. The lowest BCUT2D eigenvalue weighted by Gasteiger charge is -2.37. The Bertz CT molecular complexity index is 514. The van der Waals surface area contributed by atoms with Crippen molar-refractivity contribution in [3.05, 3.63) is 35.9 Å². The van der Waals surface area contributed by atoms with Crippen LogP contribution in [0.5, 0.6) is 0 Å². The van der Waals surface area contributed by atoms with Crippen LogP contribution in [0.4, 0.5) is 0 Å². The smallest absolute Gasteiger partial charge is 0.346 e. The van der Waals surface area contributed by atoms with Crippen LogP contribution in [-0.2, 0) is 28.2 Å². The highest BCUT2D eigenvalue weighted by molar-refractivity contribution is 7.81. The molecule has 3 atom stereocenters. The van der Waals surface area contributed by atoms with Gasteiger partial charge >= 0.3 is 10.4 Å². The summed E-state index contributed by atoms with van der Waals surface area (Å²) < 4.78 is 42.6. The first-order chi connectivity index (χ1) is 8.64. The Kier molecular flexibility index (Phi) is 3.08. The maximum absolute atomic E-state index is 11.1. The summed E-state index contributed by atoms with van der Waals surface area (Å²) in [7, 11) is -3.90. The van der Waals surface area contributed by atoms with Crippen molar-refractivity contribution in [2.75, 3.05) is 13.2 Å². The highest BCUT2D eigenvalue weighted by Gasteiger charge is 2.41. The fourth-order valence-corrected chi connectivity index (χ4v) is 2.76. The van der Waals surface area contributed by atoms with E-state index in [1.165, 1.54) is 0 Å². The van der Waals surface area contributed by atoms with Crippen molar-refractivity contribution >= 4 is 10.4 Å². The van der Waals surface area contributed by atoms with Gasteiger partial charge in [0.25, 0.3) is 0 Å². The molecule has 2 fully saturated rings. The third-order valence-corrected chi connectivity index (χ3v) is 3.72.